The molecule has 0 radical (unpaired) electrons. The molecule has 5 aromatic rings. The zero-order valence-corrected chi connectivity index (χ0v) is 18.3. The molecule has 0 fully saturated rings. The second-order valence-corrected chi connectivity index (χ2v) is 7.28. The Morgan fingerprint density at radius 1 is 0.788 bits per heavy atom. The van der Waals surface area contributed by atoms with Gasteiger partial charge in [-0.3, -0.25) is 9.36 Å². The first-order valence-electron chi connectivity index (χ1n) is 10.7. The first-order chi connectivity index (χ1) is 16.0. The van der Waals surface area contributed by atoms with E-state index >= 15 is 0 Å². The van der Waals surface area contributed by atoms with Gasteiger partial charge in [0.15, 0.2) is 5.89 Å². The lowest BCUT2D eigenvalue weighted by Gasteiger charge is -2.12. The molecule has 3 aromatic carbocycles. The zero-order chi connectivity index (χ0) is 23.4. The third-order valence-corrected chi connectivity index (χ3v) is 5.13. The Labute approximate surface area is 189 Å². The maximum Gasteiger partial charge on any atom is 0.346 e. The molecule has 0 bridgehead atoms. The fraction of sp³-hybridized carbons (Fsp3) is 0.154. The molecule has 0 aliphatic carbocycles. The Morgan fingerprint density at radius 3 is 2.03 bits per heavy atom. The summed E-state index contributed by atoms with van der Waals surface area (Å²) < 4.78 is 19.6. The monoisotopic (exact) mass is 443 g/mol. The van der Waals surface area contributed by atoms with E-state index in [-0.39, 0.29) is 17.0 Å². The van der Waals surface area contributed by atoms with Gasteiger partial charge < -0.3 is 4.42 Å². The summed E-state index contributed by atoms with van der Waals surface area (Å²) in [6.45, 7) is 3.84. The molecule has 2 heterocycles. The molecule has 0 amide bonds. The van der Waals surface area contributed by atoms with Crippen molar-refractivity contribution >= 4 is 21.8 Å². The van der Waals surface area contributed by atoms with Crippen LogP contribution in [0.2, 0.25) is 0 Å². The summed E-state index contributed by atoms with van der Waals surface area (Å²) in [5, 5.41) is 1.11. The molecule has 2 aromatic heterocycles. The highest BCUT2D eigenvalue weighted by molar-refractivity contribution is 5.78. The number of hydrogen-bond donors (Lipinski definition) is 0. The molecule has 0 unspecified atom stereocenters. The van der Waals surface area contributed by atoms with Gasteiger partial charge in [0, 0.05) is 12.8 Å². The van der Waals surface area contributed by atoms with E-state index in [2.05, 4.69) is 9.97 Å². The van der Waals surface area contributed by atoms with E-state index in [1.165, 1.54) is 12.1 Å². The van der Waals surface area contributed by atoms with Crippen molar-refractivity contribution in [2.24, 2.45) is 0 Å². The molecular weight excluding hydrogens is 421 g/mol. The van der Waals surface area contributed by atoms with Gasteiger partial charge in [-0.1, -0.05) is 38.1 Å². The van der Waals surface area contributed by atoms with Crippen LogP contribution in [-0.2, 0) is 12.8 Å². The quantitative estimate of drug-likeness (QED) is 0.399. The average Bonchev–Trinajstić information content (AvgIpc) is 2.85. The van der Waals surface area contributed by atoms with E-state index in [1.807, 2.05) is 44.2 Å². The normalized spacial score (nSPS) is 10.8. The van der Waals surface area contributed by atoms with Crippen LogP contribution in [0.1, 0.15) is 25.6 Å². The molecule has 5 rings (SSSR count). The fourth-order valence-corrected chi connectivity index (χ4v) is 3.49. The second-order valence-electron chi connectivity index (χ2n) is 7.28. The average molecular weight is 443 g/mol. The molecule has 0 spiro atoms. The summed E-state index contributed by atoms with van der Waals surface area (Å²) in [5.74, 6) is 0.831. The van der Waals surface area contributed by atoms with Crippen LogP contribution in [0, 0.1) is 5.82 Å². The van der Waals surface area contributed by atoms with E-state index in [0.717, 1.165) is 0 Å². The van der Waals surface area contributed by atoms with Gasteiger partial charge in [0.2, 0.25) is 0 Å². The summed E-state index contributed by atoms with van der Waals surface area (Å²) >= 11 is 0. The first-order valence-corrected chi connectivity index (χ1v) is 10.7. The predicted octanol–water partition coefficient (Wildman–Crippen LogP) is 4.84. The van der Waals surface area contributed by atoms with Crippen molar-refractivity contribution in [1.29, 1.82) is 0 Å². The topological polar surface area (TPSA) is 78.0 Å². The number of benzene rings is 3. The van der Waals surface area contributed by atoms with Crippen LogP contribution in [0.3, 0.4) is 0 Å². The van der Waals surface area contributed by atoms with Crippen LogP contribution in [0.25, 0.3) is 27.5 Å². The second kappa shape index (κ2) is 9.56. The summed E-state index contributed by atoms with van der Waals surface area (Å²) in [5.41, 5.74) is 1.59. The lowest BCUT2D eigenvalue weighted by Crippen LogP contribution is -2.23. The van der Waals surface area contributed by atoms with Crippen LogP contribution >= 0.6 is 0 Å². The summed E-state index contributed by atoms with van der Waals surface area (Å²) in [6, 6.07) is 20.3. The molecule has 0 aliphatic rings. The van der Waals surface area contributed by atoms with Crippen molar-refractivity contribution in [3.63, 3.8) is 0 Å². The van der Waals surface area contributed by atoms with Gasteiger partial charge in [-0.25, -0.2) is 19.2 Å². The number of rotatable bonds is 3. The molecule has 7 heteroatoms. The molecule has 33 heavy (non-hydrogen) atoms. The molecular formula is C26H22FN3O3. The number of nitrogens with zero attached hydrogens (tertiary/aromatic N) is 3. The maximum absolute atomic E-state index is 13.0. The number of fused-ring (bicyclic) bond motifs is 2. The Balaban J connectivity index is 0.000000172. The summed E-state index contributed by atoms with van der Waals surface area (Å²) in [7, 11) is 0. The Bertz CT molecular complexity index is 1540. The standard InChI is InChI=1S/C16H13FN2O.C10H9NO2/c1-2-15-18-14-6-4-3-5-13(14)16(20)19(15)12-9-7-11(17)8-10-12;1-2-9-11-8-6-4-3-5-7(8)10(12)13-9/h3-10H,2H2,1H3;3-6H,2H2,1H3. The van der Waals surface area contributed by atoms with E-state index < -0.39 is 0 Å². The Morgan fingerprint density at radius 2 is 1.39 bits per heavy atom. The molecule has 6 nitrogen and oxygen atoms in total. The molecule has 0 aliphatic heterocycles. The highest BCUT2D eigenvalue weighted by Gasteiger charge is 2.11. The van der Waals surface area contributed by atoms with Crippen LogP contribution in [-0.4, -0.2) is 14.5 Å². The lowest BCUT2D eigenvalue weighted by molar-refractivity contribution is 0.450. The van der Waals surface area contributed by atoms with Crippen molar-refractivity contribution < 1.29 is 8.81 Å². The third-order valence-electron chi connectivity index (χ3n) is 5.13. The summed E-state index contributed by atoms with van der Waals surface area (Å²) in [4.78, 5) is 32.7. The van der Waals surface area contributed by atoms with Gasteiger partial charge in [-0.2, -0.15) is 0 Å². The maximum atomic E-state index is 13.0. The van der Waals surface area contributed by atoms with Crippen molar-refractivity contribution in [3.8, 4) is 5.69 Å². The Hall–Kier alpha value is -4.13. The predicted molar refractivity (Wildman–Crippen MR) is 126 cm³/mol. The molecule has 166 valence electrons. The van der Waals surface area contributed by atoms with Crippen LogP contribution in [0.15, 0.2) is 86.8 Å². The van der Waals surface area contributed by atoms with Crippen LogP contribution in [0.5, 0.6) is 0 Å². The van der Waals surface area contributed by atoms with Gasteiger partial charge in [0.25, 0.3) is 5.56 Å². The van der Waals surface area contributed by atoms with Crippen molar-refractivity contribution in [3.05, 3.63) is 111 Å². The van der Waals surface area contributed by atoms with Crippen molar-refractivity contribution in [1.82, 2.24) is 14.5 Å². The first kappa shape index (κ1) is 22.1. The number of halogens is 1. The fourth-order valence-electron chi connectivity index (χ4n) is 3.49. The van der Waals surface area contributed by atoms with Crippen molar-refractivity contribution in [2.75, 3.05) is 0 Å². The van der Waals surface area contributed by atoms with E-state index in [9.17, 15) is 14.0 Å². The zero-order valence-electron chi connectivity index (χ0n) is 18.3. The van der Waals surface area contributed by atoms with Gasteiger partial charge in [0.1, 0.15) is 11.6 Å². The van der Waals surface area contributed by atoms with E-state index in [4.69, 9.17) is 4.42 Å². The van der Waals surface area contributed by atoms with E-state index in [0.29, 0.717) is 52.1 Å². The van der Waals surface area contributed by atoms with Gasteiger partial charge in [-0.05, 0) is 48.5 Å². The van der Waals surface area contributed by atoms with Crippen LogP contribution in [0.4, 0.5) is 4.39 Å². The highest BCUT2D eigenvalue weighted by atomic mass is 19.1. The number of aromatic nitrogens is 3. The molecule has 0 N–H and O–H groups in total. The van der Waals surface area contributed by atoms with E-state index in [1.54, 1.807) is 34.9 Å². The number of hydrogen-bond acceptors (Lipinski definition) is 5. The molecule has 0 saturated heterocycles. The Kier molecular flexibility index (Phi) is 6.40. The van der Waals surface area contributed by atoms with Crippen LogP contribution < -0.4 is 11.2 Å². The van der Waals surface area contributed by atoms with Gasteiger partial charge in [0.05, 0.1) is 27.5 Å². The SMILES string of the molecule is CCc1nc2ccccc2c(=O)n1-c1ccc(F)cc1.CCc1nc2ccccc2c(=O)o1. The summed E-state index contributed by atoms with van der Waals surface area (Å²) in [6.07, 6.45) is 1.26. The number of aryl methyl sites for hydroxylation is 2. The minimum atomic E-state index is -0.325. The highest BCUT2D eigenvalue weighted by Crippen LogP contribution is 2.14. The molecule has 0 atom stereocenters. The third kappa shape index (κ3) is 4.57. The molecule has 0 saturated carbocycles. The smallest absolute Gasteiger partial charge is 0.346 e. The van der Waals surface area contributed by atoms with Gasteiger partial charge in [-0.15, -0.1) is 0 Å². The van der Waals surface area contributed by atoms with Crippen molar-refractivity contribution in [2.45, 2.75) is 26.7 Å². The minimum Gasteiger partial charge on any atom is -0.408 e. The lowest BCUT2D eigenvalue weighted by atomic mass is 10.2. The number of para-hydroxylation sites is 2. The minimum absolute atomic E-state index is 0.126. The largest absolute Gasteiger partial charge is 0.408 e. The van der Waals surface area contributed by atoms with Gasteiger partial charge >= 0.3 is 5.63 Å².